The maximum atomic E-state index is 11.7. The van der Waals surface area contributed by atoms with Gasteiger partial charge in [0.15, 0.2) is 0 Å². The number of nitrogens with one attached hydrogen (secondary N) is 2. The van der Waals surface area contributed by atoms with E-state index in [4.69, 9.17) is 10.6 Å². The van der Waals surface area contributed by atoms with Gasteiger partial charge in [-0.2, -0.15) is 0 Å². The van der Waals surface area contributed by atoms with Crippen molar-refractivity contribution in [1.82, 2.24) is 15.6 Å². The molecule has 1 heterocycles. The molecule has 1 aliphatic heterocycles. The molecule has 1 rings (SSSR count). The Hall–Kier alpha value is -1.18. The molecule has 7 nitrogen and oxygen atoms in total. The molecule has 104 valence electrons. The van der Waals surface area contributed by atoms with E-state index in [0.29, 0.717) is 6.54 Å². The third kappa shape index (κ3) is 3.66. The average Bonchev–Trinajstić information content (AvgIpc) is 2.43. The lowest BCUT2D eigenvalue weighted by molar-refractivity contribution is -0.133. The van der Waals surface area contributed by atoms with Gasteiger partial charge in [-0.05, 0) is 19.4 Å². The lowest BCUT2D eigenvalue weighted by atomic mass is 9.96. The number of ether oxygens (including phenoxy) is 1. The van der Waals surface area contributed by atoms with Crippen LogP contribution in [0.15, 0.2) is 0 Å². The number of hydrogen-bond donors (Lipinski definition) is 3. The van der Waals surface area contributed by atoms with Gasteiger partial charge in [-0.25, -0.2) is 5.84 Å². The topological polar surface area (TPSA) is 96.7 Å². The number of hydrazine groups is 1. The second-order valence-electron chi connectivity index (χ2n) is 4.43. The van der Waals surface area contributed by atoms with Crippen molar-refractivity contribution in [2.24, 2.45) is 11.8 Å². The number of amides is 2. The summed E-state index contributed by atoms with van der Waals surface area (Å²) < 4.78 is 5.04. The van der Waals surface area contributed by atoms with Crippen LogP contribution in [0.25, 0.3) is 0 Å². The predicted molar refractivity (Wildman–Crippen MR) is 66.4 cm³/mol. The fourth-order valence-electron chi connectivity index (χ4n) is 2.31. The van der Waals surface area contributed by atoms with E-state index in [-0.39, 0.29) is 24.3 Å². The summed E-state index contributed by atoms with van der Waals surface area (Å²) in [6.07, 6.45) is 1.73. The van der Waals surface area contributed by atoms with Crippen molar-refractivity contribution in [1.29, 1.82) is 0 Å². The lowest BCUT2D eigenvalue weighted by Gasteiger charge is -2.36. The van der Waals surface area contributed by atoms with Gasteiger partial charge in [0.1, 0.15) is 6.04 Å². The first-order valence-electron chi connectivity index (χ1n) is 6.09. The van der Waals surface area contributed by atoms with Crippen LogP contribution in [-0.2, 0) is 14.3 Å². The number of piperidine rings is 1. The highest BCUT2D eigenvalue weighted by Crippen LogP contribution is 2.19. The predicted octanol–water partition coefficient (Wildman–Crippen LogP) is -1.55. The number of hydrogen-bond acceptors (Lipinski definition) is 5. The summed E-state index contributed by atoms with van der Waals surface area (Å²) in [4.78, 5) is 25.3. The third-order valence-corrected chi connectivity index (χ3v) is 3.28. The van der Waals surface area contributed by atoms with Gasteiger partial charge in [0.05, 0.1) is 12.5 Å². The number of carbonyl (C=O) groups is 2. The zero-order valence-corrected chi connectivity index (χ0v) is 10.9. The largest absolute Gasteiger partial charge is 0.383 e. The fraction of sp³-hybridized carbons (Fsp3) is 0.818. The molecule has 1 saturated heterocycles. The molecule has 0 saturated carbocycles. The molecule has 0 aromatic carbocycles. The number of rotatable bonds is 5. The summed E-state index contributed by atoms with van der Waals surface area (Å²) in [5.41, 5.74) is 2.14. The Labute approximate surface area is 107 Å². The number of likely N-dealkylation sites (tertiary alicyclic amines) is 1. The van der Waals surface area contributed by atoms with Gasteiger partial charge < -0.3 is 10.1 Å². The van der Waals surface area contributed by atoms with E-state index in [9.17, 15) is 9.59 Å². The second kappa shape index (κ2) is 7.30. The van der Waals surface area contributed by atoms with Gasteiger partial charge >= 0.3 is 0 Å². The Bertz CT molecular complexity index is 298. The van der Waals surface area contributed by atoms with E-state index in [1.54, 1.807) is 7.05 Å². The van der Waals surface area contributed by atoms with Crippen LogP contribution >= 0.6 is 0 Å². The third-order valence-electron chi connectivity index (χ3n) is 3.28. The van der Waals surface area contributed by atoms with Crippen molar-refractivity contribution in [3.05, 3.63) is 0 Å². The number of carbonyl (C=O) groups excluding carboxylic acids is 2. The second-order valence-corrected chi connectivity index (χ2v) is 4.43. The number of methoxy groups -OCH3 is 1. The maximum absolute atomic E-state index is 11.7. The van der Waals surface area contributed by atoms with E-state index < -0.39 is 6.04 Å². The molecule has 4 N–H and O–H groups in total. The molecule has 1 fully saturated rings. The molecule has 0 aromatic rings. The molecule has 7 heteroatoms. The van der Waals surface area contributed by atoms with Crippen molar-refractivity contribution < 1.29 is 14.3 Å². The van der Waals surface area contributed by atoms with Crippen LogP contribution in [0.2, 0.25) is 0 Å². The highest BCUT2D eigenvalue weighted by Gasteiger charge is 2.32. The standard InChI is InChI=1S/C11H22N4O3/c1-13-10(16)8-4-3-5-15(6-8)9(7-18-2)11(17)14-12/h8-9H,3-7,12H2,1-2H3,(H,13,16)(H,14,17). The highest BCUT2D eigenvalue weighted by molar-refractivity contribution is 5.82. The van der Waals surface area contributed by atoms with Crippen LogP contribution in [0.3, 0.4) is 0 Å². The van der Waals surface area contributed by atoms with Crippen LogP contribution in [0.5, 0.6) is 0 Å². The van der Waals surface area contributed by atoms with Crippen LogP contribution in [0.1, 0.15) is 12.8 Å². The minimum atomic E-state index is -0.438. The van der Waals surface area contributed by atoms with Gasteiger partial charge in [-0.1, -0.05) is 0 Å². The van der Waals surface area contributed by atoms with Gasteiger partial charge in [0.2, 0.25) is 5.91 Å². The first kappa shape index (κ1) is 14.9. The quantitative estimate of drug-likeness (QED) is 0.315. The van der Waals surface area contributed by atoms with Crippen molar-refractivity contribution in [3.8, 4) is 0 Å². The van der Waals surface area contributed by atoms with E-state index in [2.05, 4.69) is 10.7 Å². The number of nitrogens with two attached hydrogens (primary N) is 1. The fourth-order valence-corrected chi connectivity index (χ4v) is 2.31. The van der Waals surface area contributed by atoms with Crippen molar-refractivity contribution >= 4 is 11.8 Å². The smallest absolute Gasteiger partial charge is 0.253 e. The average molecular weight is 258 g/mol. The summed E-state index contributed by atoms with van der Waals surface area (Å²) in [5, 5.41) is 2.65. The van der Waals surface area contributed by atoms with Crippen LogP contribution in [0.4, 0.5) is 0 Å². The minimum absolute atomic E-state index is 0.0176. The Morgan fingerprint density at radius 1 is 1.56 bits per heavy atom. The minimum Gasteiger partial charge on any atom is -0.383 e. The monoisotopic (exact) mass is 258 g/mol. The van der Waals surface area contributed by atoms with E-state index in [1.165, 1.54) is 7.11 Å². The van der Waals surface area contributed by atoms with Crippen molar-refractivity contribution in [3.63, 3.8) is 0 Å². The molecule has 18 heavy (non-hydrogen) atoms. The Kier molecular flexibility index (Phi) is 6.03. The molecule has 0 aliphatic carbocycles. The lowest BCUT2D eigenvalue weighted by Crippen LogP contribution is -2.55. The van der Waals surface area contributed by atoms with Gasteiger partial charge in [0.25, 0.3) is 5.91 Å². The molecule has 0 bridgehead atoms. The molecule has 0 radical (unpaired) electrons. The SMILES string of the molecule is CNC(=O)C1CCCN(C(COC)C(=O)NN)C1. The summed E-state index contributed by atoms with van der Waals surface area (Å²) in [6, 6.07) is -0.438. The van der Waals surface area contributed by atoms with E-state index >= 15 is 0 Å². The Balaban J connectivity index is 2.67. The summed E-state index contributed by atoms with van der Waals surface area (Å²) in [7, 11) is 3.16. The highest BCUT2D eigenvalue weighted by atomic mass is 16.5. The Morgan fingerprint density at radius 3 is 2.83 bits per heavy atom. The normalized spacial score (nSPS) is 22.3. The molecule has 2 amide bonds. The van der Waals surface area contributed by atoms with Gasteiger partial charge in [-0.15, -0.1) is 0 Å². The van der Waals surface area contributed by atoms with Gasteiger partial charge in [0, 0.05) is 20.7 Å². The van der Waals surface area contributed by atoms with Gasteiger partial charge in [-0.3, -0.25) is 19.9 Å². The molecular weight excluding hydrogens is 236 g/mol. The van der Waals surface area contributed by atoms with Crippen molar-refractivity contribution in [2.75, 3.05) is 33.9 Å². The molecule has 0 spiro atoms. The van der Waals surface area contributed by atoms with E-state index in [1.807, 2.05) is 4.90 Å². The van der Waals surface area contributed by atoms with Crippen molar-refractivity contribution in [2.45, 2.75) is 18.9 Å². The van der Waals surface area contributed by atoms with Crippen LogP contribution < -0.4 is 16.6 Å². The summed E-state index contributed by atoms with van der Waals surface area (Å²) in [5.74, 6) is 4.83. The summed E-state index contributed by atoms with van der Waals surface area (Å²) >= 11 is 0. The maximum Gasteiger partial charge on any atom is 0.253 e. The molecule has 2 unspecified atom stereocenters. The molecule has 2 atom stereocenters. The van der Waals surface area contributed by atoms with Crippen LogP contribution in [-0.4, -0.2) is 56.6 Å². The zero-order valence-electron chi connectivity index (χ0n) is 10.9. The zero-order chi connectivity index (χ0) is 13.5. The van der Waals surface area contributed by atoms with E-state index in [0.717, 1.165) is 19.4 Å². The summed E-state index contributed by atoms with van der Waals surface area (Å²) in [6.45, 7) is 1.60. The Morgan fingerprint density at radius 2 is 2.28 bits per heavy atom. The molecule has 0 aromatic heterocycles. The molecule has 1 aliphatic rings. The first-order chi connectivity index (χ1) is 8.63. The van der Waals surface area contributed by atoms with Crippen LogP contribution in [0, 0.1) is 5.92 Å². The molecular formula is C11H22N4O3. The first-order valence-corrected chi connectivity index (χ1v) is 6.09. The number of nitrogens with zero attached hydrogens (tertiary/aromatic N) is 1.